The molecule has 0 saturated carbocycles. The molecule has 0 bridgehead atoms. The molecule has 20 heavy (non-hydrogen) atoms. The number of aromatic carboxylic acids is 1. The number of hydrogen-bond donors (Lipinski definition) is 1. The molecule has 2 aromatic rings. The molecule has 1 N–H and O–H groups in total. The van der Waals surface area contributed by atoms with E-state index in [0.29, 0.717) is 11.5 Å². The number of carboxylic acid groups (broad SMARTS) is 1. The maximum atomic E-state index is 11.6. The van der Waals surface area contributed by atoms with E-state index in [1.54, 1.807) is 0 Å². The first kappa shape index (κ1) is 14.8. The molecule has 106 valence electrons. The summed E-state index contributed by atoms with van der Waals surface area (Å²) in [7, 11) is 0. The van der Waals surface area contributed by atoms with E-state index in [4.69, 9.17) is 4.52 Å². The Morgan fingerprint density at radius 3 is 2.50 bits per heavy atom. The molecule has 0 aliphatic rings. The van der Waals surface area contributed by atoms with E-state index in [1.807, 2.05) is 45.9 Å². The lowest BCUT2D eigenvalue weighted by Gasteiger charge is -2.14. The first-order valence-corrected chi connectivity index (χ1v) is 7.01. The van der Waals surface area contributed by atoms with Gasteiger partial charge in [0.25, 0.3) is 0 Å². The monoisotopic (exact) mass is 337 g/mol. The van der Waals surface area contributed by atoms with Crippen LogP contribution in [0.25, 0.3) is 11.3 Å². The predicted octanol–water partition coefficient (Wildman–Crippen LogP) is 4.41. The van der Waals surface area contributed by atoms with Crippen LogP contribution in [0.1, 0.15) is 42.5 Å². The molecule has 0 atom stereocenters. The topological polar surface area (TPSA) is 63.3 Å². The lowest BCUT2D eigenvalue weighted by Crippen LogP contribution is -2.15. The van der Waals surface area contributed by atoms with Crippen LogP contribution in [0.2, 0.25) is 0 Å². The molecule has 0 radical (unpaired) electrons. The summed E-state index contributed by atoms with van der Waals surface area (Å²) in [5.74, 6) is -0.632. The maximum Gasteiger partial charge on any atom is 0.341 e. The highest BCUT2D eigenvalue weighted by atomic mass is 79.9. The molecule has 0 fully saturated rings. The summed E-state index contributed by atoms with van der Waals surface area (Å²) >= 11 is 3.43. The Morgan fingerprint density at radius 1 is 1.35 bits per heavy atom. The van der Waals surface area contributed by atoms with Crippen molar-refractivity contribution in [3.05, 3.63) is 39.6 Å². The zero-order valence-corrected chi connectivity index (χ0v) is 13.4. The minimum absolute atomic E-state index is 0.138. The Hall–Kier alpha value is -1.62. The Kier molecular flexibility index (Phi) is 3.73. The molecule has 1 aromatic heterocycles. The Labute approximate surface area is 125 Å². The van der Waals surface area contributed by atoms with Crippen molar-refractivity contribution in [2.24, 2.45) is 0 Å². The van der Waals surface area contributed by atoms with Gasteiger partial charge in [-0.25, -0.2) is 4.79 Å². The van der Waals surface area contributed by atoms with E-state index in [-0.39, 0.29) is 5.56 Å². The summed E-state index contributed by atoms with van der Waals surface area (Å²) in [5, 5.41) is 13.4. The van der Waals surface area contributed by atoms with Gasteiger partial charge < -0.3 is 9.63 Å². The fraction of sp³-hybridized carbons (Fsp3) is 0.333. The lowest BCUT2D eigenvalue weighted by atomic mass is 9.89. The van der Waals surface area contributed by atoms with Gasteiger partial charge in [-0.1, -0.05) is 47.9 Å². The van der Waals surface area contributed by atoms with E-state index < -0.39 is 11.4 Å². The Morgan fingerprint density at radius 2 is 2.00 bits per heavy atom. The van der Waals surface area contributed by atoms with Gasteiger partial charge in [0.2, 0.25) is 0 Å². The number of rotatable bonds is 2. The number of carbonyl (C=O) groups is 1. The summed E-state index contributed by atoms with van der Waals surface area (Å²) in [6.45, 7) is 7.64. The van der Waals surface area contributed by atoms with Gasteiger partial charge in [-0.3, -0.25) is 0 Å². The number of carboxylic acids is 1. The Bertz CT molecular complexity index is 668. The number of halogens is 1. The molecule has 0 unspecified atom stereocenters. The molecule has 0 spiro atoms. The summed E-state index contributed by atoms with van der Waals surface area (Å²) in [6.07, 6.45) is 0. The quantitative estimate of drug-likeness (QED) is 0.881. The van der Waals surface area contributed by atoms with Crippen LogP contribution in [0, 0.1) is 6.92 Å². The number of aryl methyl sites for hydroxylation is 1. The van der Waals surface area contributed by atoms with Gasteiger partial charge in [-0.05, 0) is 24.6 Å². The van der Waals surface area contributed by atoms with Crippen LogP contribution in [0.5, 0.6) is 0 Å². The summed E-state index contributed by atoms with van der Waals surface area (Å²) in [5.41, 5.74) is 1.85. The second-order valence-electron chi connectivity index (χ2n) is 5.75. The van der Waals surface area contributed by atoms with Gasteiger partial charge in [0, 0.05) is 15.5 Å². The van der Waals surface area contributed by atoms with Crippen molar-refractivity contribution in [2.45, 2.75) is 33.1 Å². The van der Waals surface area contributed by atoms with Crippen LogP contribution < -0.4 is 0 Å². The molecule has 1 aromatic carbocycles. The fourth-order valence-electron chi connectivity index (χ4n) is 1.99. The summed E-state index contributed by atoms with van der Waals surface area (Å²) in [4.78, 5) is 11.6. The van der Waals surface area contributed by atoms with E-state index >= 15 is 0 Å². The van der Waals surface area contributed by atoms with Crippen molar-refractivity contribution >= 4 is 21.9 Å². The van der Waals surface area contributed by atoms with E-state index in [1.165, 1.54) is 0 Å². The second kappa shape index (κ2) is 5.05. The van der Waals surface area contributed by atoms with Gasteiger partial charge in [0.05, 0.1) is 0 Å². The first-order valence-electron chi connectivity index (χ1n) is 6.22. The SMILES string of the molecule is Cc1cc(-c2noc(C(C)(C)C)c2C(=O)O)ccc1Br. The van der Waals surface area contributed by atoms with Crippen LogP contribution in [0.4, 0.5) is 0 Å². The molecule has 1 heterocycles. The fourth-order valence-corrected chi connectivity index (χ4v) is 2.24. The van der Waals surface area contributed by atoms with Crippen molar-refractivity contribution in [3.8, 4) is 11.3 Å². The smallest absolute Gasteiger partial charge is 0.341 e. The zero-order valence-electron chi connectivity index (χ0n) is 11.8. The van der Waals surface area contributed by atoms with E-state index in [9.17, 15) is 9.90 Å². The third-order valence-electron chi connectivity index (χ3n) is 3.02. The molecular formula is C15H16BrNO3. The van der Waals surface area contributed by atoms with E-state index in [2.05, 4.69) is 21.1 Å². The molecule has 4 nitrogen and oxygen atoms in total. The van der Waals surface area contributed by atoms with Gasteiger partial charge >= 0.3 is 5.97 Å². The van der Waals surface area contributed by atoms with Crippen LogP contribution >= 0.6 is 15.9 Å². The number of nitrogens with zero attached hydrogens (tertiary/aromatic N) is 1. The van der Waals surface area contributed by atoms with Crippen LogP contribution in [0.3, 0.4) is 0 Å². The van der Waals surface area contributed by atoms with Gasteiger partial charge in [-0.15, -0.1) is 0 Å². The minimum Gasteiger partial charge on any atom is -0.477 e. The van der Waals surface area contributed by atoms with Crippen molar-refractivity contribution < 1.29 is 14.4 Å². The molecule has 2 rings (SSSR count). The van der Waals surface area contributed by atoms with Crippen molar-refractivity contribution in [2.75, 3.05) is 0 Å². The molecule has 0 aliphatic heterocycles. The largest absolute Gasteiger partial charge is 0.477 e. The van der Waals surface area contributed by atoms with Crippen molar-refractivity contribution in [3.63, 3.8) is 0 Å². The van der Waals surface area contributed by atoms with Gasteiger partial charge in [-0.2, -0.15) is 0 Å². The third kappa shape index (κ3) is 2.63. The second-order valence-corrected chi connectivity index (χ2v) is 6.61. The van der Waals surface area contributed by atoms with Crippen LogP contribution in [-0.2, 0) is 5.41 Å². The maximum absolute atomic E-state index is 11.6. The highest BCUT2D eigenvalue weighted by molar-refractivity contribution is 9.10. The average molecular weight is 338 g/mol. The third-order valence-corrected chi connectivity index (χ3v) is 3.91. The molecule has 0 saturated heterocycles. The van der Waals surface area contributed by atoms with Gasteiger partial charge in [0.15, 0.2) is 5.76 Å². The highest BCUT2D eigenvalue weighted by Crippen LogP contribution is 2.34. The Balaban J connectivity index is 2.66. The van der Waals surface area contributed by atoms with Crippen molar-refractivity contribution in [1.82, 2.24) is 5.16 Å². The number of hydrogen-bond acceptors (Lipinski definition) is 3. The van der Waals surface area contributed by atoms with Crippen LogP contribution in [0.15, 0.2) is 27.2 Å². The van der Waals surface area contributed by atoms with E-state index in [0.717, 1.165) is 15.6 Å². The summed E-state index contributed by atoms with van der Waals surface area (Å²) in [6, 6.07) is 5.59. The first-order chi connectivity index (χ1) is 9.21. The van der Waals surface area contributed by atoms with Gasteiger partial charge in [0.1, 0.15) is 11.3 Å². The highest BCUT2D eigenvalue weighted by Gasteiger charge is 2.31. The summed E-state index contributed by atoms with van der Waals surface area (Å²) < 4.78 is 6.27. The molecule has 0 amide bonds. The zero-order chi connectivity index (χ0) is 15.1. The molecule has 0 aliphatic carbocycles. The molecular weight excluding hydrogens is 322 g/mol. The average Bonchev–Trinajstić information content (AvgIpc) is 2.77. The minimum atomic E-state index is -1.02. The van der Waals surface area contributed by atoms with Crippen molar-refractivity contribution in [1.29, 1.82) is 0 Å². The lowest BCUT2D eigenvalue weighted by molar-refractivity contribution is 0.0693. The number of aromatic nitrogens is 1. The standard InChI is InChI=1S/C15H16BrNO3/c1-8-7-9(5-6-10(8)16)12-11(14(18)19)13(20-17-12)15(2,3)4/h5-7H,1-4H3,(H,18,19). The predicted molar refractivity (Wildman–Crippen MR) is 80.0 cm³/mol. The normalized spacial score (nSPS) is 11.7. The number of benzene rings is 1. The van der Waals surface area contributed by atoms with Crippen LogP contribution in [-0.4, -0.2) is 16.2 Å². The molecule has 5 heteroatoms.